The number of aromatic nitrogens is 2. The highest BCUT2D eigenvalue weighted by Crippen LogP contribution is 2.30. The van der Waals surface area contributed by atoms with E-state index in [2.05, 4.69) is 14.9 Å². The molecule has 2 saturated heterocycles. The number of hydrogen-bond donors (Lipinski definition) is 1. The van der Waals surface area contributed by atoms with Gasteiger partial charge in [-0.25, -0.2) is 9.97 Å². The molecule has 0 unspecified atom stereocenters. The molecule has 0 saturated carbocycles. The van der Waals surface area contributed by atoms with E-state index in [9.17, 15) is 9.59 Å². The van der Waals surface area contributed by atoms with Crippen molar-refractivity contribution in [1.29, 1.82) is 0 Å². The fraction of sp³-hybridized carbons (Fsp3) is 0.429. The molecular weight excluding hydrogens is 302 g/mol. The lowest BCUT2D eigenvalue weighted by Gasteiger charge is -2.30. The second-order valence-corrected chi connectivity index (χ2v) is 6.34. The molecule has 2 aliphatic heterocycles. The monoisotopic (exact) mass is 319 g/mol. The molecule has 1 aromatic rings. The van der Waals surface area contributed by atoms with Gasteiger partial charge in [-0.3, -0.25) is 14.5 Å². The molecule has 2 amide bonds. The van der Waals surface area contributed by atoms with E-state index < -0.39 is 0 Å². The first kappa shape index (κ1) is 15.0. The Morgan fingerprint density at radius 3 is 2.73 bits per heavy atom. The normalized spacial score (nSPS) is 22.0. The molecule has 0 aliphatic carbocycles. The Balaban J connectivity index is 1.80. The largest absolute Gasteiger partial charge is 0.341 e. The third kappa shape index (κ3) is 2.97. The molecule has 0 spiro atoms. The van der Waals surface area contributed by atoms with Crippen molar-refractivity contribution in [2.24, 2.45) is 5.73 Å². The third-order valence-corrected chi connectivity index (χ3v) is 4.71. The van der Waals surface area contributed by atoms with Crippen molar-refractivity contribution in [1.82, 2.24) is 14.9 Å². The quantitative estimate of drug-likeness (QED) is 0.815. The third-order valence-electron chi connectivity index (χ3n) is 3.75. The number of nitrogens with zero attached hydrogens (tertiary/aromatic N) is 4. The highest BCUT2D eigenvalue weighted by Gasteiger charge is 2.32. The van der Waals surface area contributed by atoms with E-state index in [0.29, 0.717) is 16.5 Å². The van der Waals surface area contributed by atoms with Gasteiger partial charge in [-0.15, -0.1) is 0 Å². The molecule has 7 nitrogen and oxygen atoms in total. The average Bonchev–Trinajstić information content (AvgIpc) is 2.76. The summed E-state index contributed by atoms with van der Waals surface area (Å²) in [5.41, 5.74) is 6.53. The molecule has 0 atom stereocenters. The van der Waals surface area contributed by atoms with Crippen LogP contribution in [-0.4, -0.2) is 52.2 Å². The Morgan fingerprint density at radius 1 is 1.36 bits per heavy atom. The molecule has 2 aliphatic rings. The van der Waals surface area contributed by atoms with Gasteiger partial charge in [0, 0.05) is 32.4 Å². The van der Waals surface area contributed by atoms with Crippen LogP contribution in [0, 0.1) is 0 Å². The zero-order valence-electron chi connectivity index (χ0n) is 12.2. The fourth-order valence-corrected chi connectivity index (χ4v) is 3.19. The summed E-state index contributed by atoms with van der Waals surface area (Å²) in [6.07, 6.45) is 5.14. The standard InChI is InChI=1S/C14H17N5O2S/c1-18-12(20)11(22-14(18)21)8-10-2-5-16-13(17-10)19-6-3-9(15)4-7-19/h2,5,8-9H,3-4,6-7,15H2,1H3. The molecule has 0 bridgehead atoms. The number of nitrogens with two attached hydrogens (primary N) is 1. The molecule has 22 heavy (non-hydrogen) atoms. The predicted molar refractivity (Wildman–Crippen MR) is 85.2 cm³/mol. The number of hydrogen-bond acceptors (Lipinski definition) is 7. The summed E-state index contributed by atoms with van der Waals surface area (Å²) in [6.45, 7) is 1.66. The van der Waals surface area contributed by atoms with Crippen LogP contribution in [0.4, 0.5) is 10.7 Å². The van der Waals surface area contributed by atoms with E-state index >= 15 is 0 Å². The first-order valence-corrected chi connectivity index (χ1v) is 7.91. The van der Waals surface area contributed by atoms with Crippen molar-refractivity contribution in [3.05, 3.63) is 22.9 Å². The van der Waals surface area contributed by atoms with E-state index in [4.69, 9.17) is 5.73 Å². The first-order valence-electron chi connectivity index (χ1n) is 7.10. The number of carbonyl (C=O) groups excluding carboxylic acids is 2. The van der Waals surface area contributed by atoms with E-state index in [1.807, 2.05) is 0 Å². The van der Waals surface area contributed by atoms with Crippen LogP contribution in [0.2, 0.25) is 0 Å². The molecule has 3 rings (SSSR count). The van der Waals surface area contributed by atoms with Crippen LogP contribution in [0.15, 0.2) is 17.2 Å². The second-order valence-electron chi connectivity index (χ2n) is 5.35. The number of anilines is 1. The Kier molecular flexibility index (Phi) is 4.12. The van der Waals surface area contributed by atoms with Gasteiger partial charge < -0.3 is 10.6 Å². The maximum Gasteiger partial charge on any atom is 0.293 e. The summed E-state index contributed by atoms with van der Waals surface area (Å²) in [4.78, 5) is 35.7. The zero-order chi connectivity index (χ0) is 15.7. The molecular formula is C14H17N5O2S. The van der Waals surface area contributed by atoms with Crippen molar-refractivity contribution >= 4 is 34.9 Å². The summed E-state index contributed by atoms with van der Waals surface area (Å²) in [6, 6.07) is 1.97. The van der Waals surface area contributed by atoms with Gasteiger partial charge in [-0.1, -0.05) is 0 Å². The minimum absolute atomic E-state index is 0.246. The summed E-state index contributed by atoms with van der Waals surface area (Å²) < 4.78 is 0. The van der Waals surface area contributed by atoms with Crippen molar-refractivity contribution in [3.8, 4) is 0 Å². The van der Waals surface area contributed by atoms with Crippen LogP contribution < -0.4 is 10.6 Å². The van der Waals surface area contributed by atoms with Gasteiger partial charge in [0.05, 0.1) is 10.6 Å². The van der Waals surface area contributed by atoms with Crippen molar-refractivity contribution in [2.45, 2.75) is 18.9 Å². The minimum atomic E-state index is -0.292. The van der Waals surface area contributed by atoms with Gasteiger partial charge in [-0.2, -0.15) is 0 Å². The van der Waals surface area contributed by atoms with Gasteiger partial charge >= 0.3 is 0 Å². The van der Waals surface area contributed by atoms with Crippen LogP contribution in [-0.2, 0) is 4.79 Å². The summed E-state index contributed by atoms with van der Waals surface area (Å²) in [5.74, 6) is 0.343. The number of amides is 2. The maximum atomic E-state index is 11.9. The van der Waals surface area contributed by atoms with Gasteiger partial charge in [-0.05, 0) is 36.7 Å². The number of rotatable bonds is 2. The number of piperidine rings is 1. The summed E-state index contributed by atoms with van der Waals surface area (Å²) >= 11 is 0.926. The molecule has 3 heterocycles. The SMILES string of the molecule is CN1C(=O)SC(=Cc2ccnc(N3CCC(N)CC3)n2)C1=O. The van der Waals surface area contributed by atoms with Crippen LogP contribution in [0.1, 0.15) is 18.5 Å². The number of carbonyl (C=O) groups is 2. The predicted octanol–water partition coefficient (Wildman–Crippen LogP) is 1.07. The van der Waals surface area contributed by atoms with Gasteiger partial charge in [0.1, 0.15) is 0 Å². The number of likely N-dealkylation sites (N-methyl/N-ethyl adjacent to an activating group) is 1. The molecule has 116 valence electrons. The van der Waals surface area contributed by atoms with Crippen LogP contribution >= 0.6 is 11.8 Å². The van der Waals surface area contributed by atoms with Gasteiger partial charge in [0.2, 0.25) is 5.95 Å². The summed E-state index contributed by atoms with van der Waals surface area (Å²) in [7, 11) is 1.47. The van der Waals surface area contributed by atoms with E-state index in [0.717, 1.165) is 42.6 Å². The Labute approximate surface area is 132 Å². The lowest BCUT2D eigenvalue weighted by atomic mass is 10.1. The molecule has 0 aromatic carbocycles. The zero-order valence-corrected chi connectivity index (χ0v) is 13.0. The maximum absolute atomic E-state index is 11.9. The van der Waals surface area contributed by atoms with E-state index in [-0.39, 0.29) is 17.2 Å². The van der Waals surface area contributed by atoms with Crippen molar-refractivity contribution in [3.63, 3.8) is 0 Å². The smallest absolute Gasteiger partial charge is 0.293 e. The van der Waals surface area contributed by atoms with Crippen molar-refractivity contribution in [2.75, 3.05) is 25.0 Å². The van der Waals surface area contributed by atoms with Gasteiger partial charge in [0.15, 0.2) is 0 Å². The summed E-state index contributed by atoms with van der Waals surface area (Å²) in [5, 5.41) is -0.268. The van der Waals surface area contributed by atoms with Crippen LogP contribution in [0.5, 0.6) is 0 Å². The molecule has 2 N–H and O–H groups in total. The van der Waals surface area contributed by atoms with Crippen molar-refractivity contribution < 1.29 is 9.59 Å². The highest BCUT2D eigenvalue weighted by atomic mass is 32.2. The molecule has 0 radical (unpaired) electrons. The first-order chi connectivity index (χ1) is 10.5. The topological polar surface area (TPSA) is 92.4 Å². The lowest BCUT2D eigenvalue weighted by molar-refractivity contribution is -0.121. The number of imide groups is 1. The van der Waals surface area contributed by atoms with Crippen LogP contribution in [0.25, 0.3) is 6.08 Å². The fourth-order valence-electron chi connectivity index (χ4n) is 2.37. The number of thioether (sulfide) groups is 1. The van der Waals surface area contributed by atoms with Gasteiger partial charge in [0.25, 0.3) is 11.1 Å². The lowest BCUT2D eigenvalue weighted by Crippen LogP contribution is -2.40. The molecule has 2 fully saturated rings. The molecule has 1 aromatic heterocycles. The Morgan fingerprint density at radius 2 is 2.09 bits per heavy atom. The minimum Gasteiger partial charge on any atom is -0.341 e. The highest BCUT2D eigenvalue weighted by molar-refractivity contribution is 8.18. The second kappa shape index (κ2) is 6.05. The average molecular weight is 319 g/mol. The Hall–Kier alpha value is -1.93. The van der Waals surface area contributed by atoms with E-state index in [1.165, 1.54) is 7.05 Å². The molecule has 8 heteroatoms. The van der Waals surface area contributed by atoms with Crippen LogP contribution in [0.3, 0.4) is 0 Å². The Bertz CT molecular complexity index is 640. The van der Waals surface area contributed by atoms with E-state index in [1.54, 1.807) is 18.3 Å².